The summed E-state index contributed by atoms with van der Waals surface area (Å²) >= 11 is 0. The quantitative estimate of drug-likeness (QED) is 0.573. The predicted octanol–water partition coefficient (Wildman–Crippen LogP) is 4.83. The lowest BCUT2D eigenvalue weighted by Gasteiger charge is -2.29. The second-order valence-corrected chi connectivity index (χ2v) is 9.11. The second kappa shape index (κ2) is 9.59. The van der Waals surface area contributed by atoms with Gasteiger partial charge in [-0.3, -0.25) is 4.57 Å². The highest BCUT2D eigenvalue weighted by Gasteiger charge is 2.24. The number of aromatic nitrogens is 4. The highest BCUT2D eigenvalue weighted by Crippen LogP contribution is 2.30. The summed E-state index contributed by atoms with van der Waals surface area (Å²) < 4.78 is 34.9. The molecule has 1 saturated carbocycles. The minimum absolute atomic E-state index is 0.310. The highest BCUT2D eigenvalue weighted by molar-refractivity contribution is 5.78. The van der Waals surface area contributed by atoms with Gasteiger partial charge in [0.1, 0.15) is 11.6 Å². The van der Waals surface area contributed by atoms with Crippen LogP contribution in [0.1, 0.15) is 44.9 Å². The maximum atomic E-state index is 14.0. The van der Waals surface area contributed by atoms with Crippen molar-refractivity contribution in [1.82, 2.24) is 19.5 Å². The zero-order valence-corrected chi connectivity index (χ0v) is 18.9. The van der Waals surface area contributed by atoms with Gasteiger partial charge in [-0.25, -0.2) is 13.8 Å². The Morgan fingerprint density at radius 1 is 1.03 bits per heavy atom. The molecule has 33 heavy (non-hydrogen) atoms. The number of benzene rings is 1. The van der Waals surface area contributed by atoms with Crippen molar-refractivity contribution in [3.8, 4) is 5.82 Å². The minimum atomic E-state index is -2.72. The van der Waals surface area contributed by atoms with Gasteiger partial charge in [-0.2, -0.15) is 9.97 Å². The van der Waals surface area contributed by atoms with Crippen LogP contribution in [0.2, 0.25) is 0 Å². The number of hydrogen-bond acceptors (Lipinski definition) is 6. The zero-order chi connectivity index (χ0) is 22.8. The van der Waals surface area contributed by atoms with E-state index in [9.17, 15) is 8.78 Å². The lowest BCUT2D eigenvalue weighted by molar-refractivity contribution is 0.122. The summed E-state index contributed by atoms with van der Waals surface area (Å²) in [6.45, 7) is 5.70. The first-order valence-electron chi connectivity index (χ1n) is 11.8. The maximum Gasteiger partial charge on any atom is 0.296 e. The van der Waals surface area contributed by atoms with Crippen LogP contribution in [0.3, 0.4) is 0 Å². The lowest BCUT2D eigenvalue weighted by Crippen LogP contribution is -2.37. The van der Waals surface area contributed by atoms with Crippen molar-refractivity contribution in [2.45, 2.75) is 39.0 Å². The van der Waals surface area contributed by atoms with E-state index in [4.69, 9.17) is 9.72 Å². The molecule has 0 spiro atoms. The number of rotatable bonds is 6. The number of hydrogen-bond donors (Lipinski definition) is 1. The van der Waals surface area contributed by atoms with Crippen molar-refractivity contribution in [1.29, 1.82) is 0 Å². The molecule has 1 saturated heterocycles. The molecule has 3 aromatic rings. The maximum absolute atomic E-state index is 14.0. The molecule has 7 nitrogen and oxygen atoms in total. The van der Waals surface area contributed by atoms with E-state index in [1.165, 1.54) is 30.3 Å². The highest BCUT2D eigenvalue weighted by atomic mass is 19.3. The number of imidazole rings is 1. The molecule has 0 radical (unpaired) electrons. The van der Waals surface area contributed by atoms with E-state index < -0.39 is 6.43 Å². The van der Waals surface area contributed by atoms with Gasteiger partial charge in [0.25, 0.3) is 6.43 Å². The monoisotopic (exact) mass is 456 g/mol. The first kappa shape index (κ1) is 22.0. The molecule has 9 heteroatoms. The first-order chi connectivity index (χ1) is 16.1. The Labute approximate surface area is 192 Å². The summed E-state index contributed by atoms with van der Waals surface area (Å²) in [5.41, 5.74) is 1.12. The van der Waals surface area contributed by atoms with Crippen molar-refractivity contribution in [3.05, 3.63) is 36.2 Å². The number of anilines is 2. The van der Waals surface area contributed by atoms with E-state index in [1.54, 1.807) is 24.3 Å². The van der Waals surface area contributed by atoms with E-state index >= 15 is 0 Å². The van der Waals surface area contributed by atoms with Gasteiger partial charge in [-0.15, -0.1) is 0 Å². The van der Waals surface area contributed by atoms with Crippen molar-refractivity contribution in [2.75, 3.05) is 43.1 Å². The summed E-state index contributed by atoms with van der Waals surface area (Å²) in [6.07, 6.45) is 2.13. The van der Waals surface area contributed by atoms with Gasteiger partial charge in [0.2, 0.25) is 5.95 Å². The third-order valence-electron chi connectivity index (χ3n) is 6.73. The standard InChI is InChI=1S/C24H30F2N6O/c1-16-6-8-17(9-7-16)15-27-24-29-20(31-10-12-33-13-11-31)14-21(30-24)32-19-5-3-2-4-18(19)28-23(32)22(25)26/h2-5,14,16-17,22H,6-13,15H2,1H3,(H,27,29,30)/t16-,17-. The van der Waals surface area contributed by atoms with Gasteiger partial charge in [0.05, 0.1) is 24.2 Å². The smallest absolute Gasteiger partial charge is 0.296 e. The molecule has 3 heterocycles. The average Bonchev–Trinajstić information content (AvgIpc) is 3.24. The molecule has 2 fully saturated rings. The van der Waals surface area contributed by atoms with E-state index in [0.717, 1.165) is 12.5 Å². The summed E-state index contributed by atoms with van der Waals surface area (Å²) in [5.74, 6) is 2.62. The minimum Gasteiger partial charge on any atom is -0.378 e. The molecule has 0 unspecified atom stereocenters. The number of alkyl halides is 2. The second-order valence-electron chi connectivity index (χ2n) is 9.11. The van der Waals surface area contributed by atoms with Gasteiger partial charge < -0.3 is 15.0 Å². The molecule has 1 N–H and O–H groups in total. The van der Waals surface area contributed by atoms with Gasteiger partial charge in [-0.05, 0) is 36.8 Å². The molecular formula is C24H30F2N6O. The SMILES string of the molecule is C[C@H]1CC[C@H](CNc2nc(N3CCOCC3)cc(-n3c(C(F)F)nc4ccccc43)n2)CC1. The number of fused-ring (bicyclic) bond motifs is 1. The molecule has 1 aliphatic heterocycles. The van der Waals surface area contributed by atoms with Crippen molar-refractivity contribution >= 4 is 22.8 Å². The summed E-state index contributed by atoms with van der Waals surface area (Å²) in [5, 5.41) is 3.41. The average molecular weight is 457 g/mol. The lowest BCUT2D eigenvalue weighted by atomic mass is 9.83. The molecule has 0 bridgehead atoms. The Balaban J connectivity index is 1.52. The van der Waals surface area contributed by atoms with Gasteiger partial charge in [0, 0.05) is 25.7 Å². The topological polar surface area (TPSA) is 68.1 Å². The van der Waals surface area contributed by atoms with Crippen LogP contribution in [0, 0.1) is 11.8 Å². The molecule has 1 aliphatic carbocycles. The fourth-order valence-corrected chi connectivity index (χ4v) is 4.77. The van der Waals surface area contributed by atoms with Gasteiger partial charge >= 0.3 is 0 Å². The third-order valence-corrected chi connectivity index (χ3v) is 6.73. The molecule has 0 amide bonds. The van der Waals surface area contributed by atoms with Crippen LogP contribution in [-0.4, -0.2) is 52.4 Å². The predicted molar refractivity (Wildman–Crippen MR) is 124 cm³/mol. The zero-order valence-electron chi connectivity index (χ0n) is 18.9. The fourth-order valence-electron chi connectivity index (χ4n) is 4.77. The van der Waals surface area contributed by atoms with Crippen LogP contribution in [-0.2, 0) is 4.74 Å². The molecule has 2 aliphatic rings. The van der Waals surface area contributed by atoms with E-state index in [-0.39, 0.29) is 5.82 Å². The molecule has 2 aromatic heterocycles. The molecular weight excluding hydrogens is 426 g/mol. The summed E-state index contributed by atoms with van der Waals surface area (Å²) in [6, 6.07) is 8.93. The number of nitrogens with zero attached hydrogens (tertiary/aromatic N) is 5. The number of halogens is 2. The van der Waals surface area contributed by atoms with Gasteiger partial charge in [-0.1, -0.05) is 31.9 Å². The third kappa shape index (κ3) is 4.78. The summed E-state index contributed by atoms with van der Waals surface area (Å²) in [4.78, 5) is 15.7. The number of nitrogens with one attached hydrogen (secondary N) is 1. The van der Waals surface area contributed by atoms with Crippen LogP contribution in [0.25, 0.3) is 16.9 Å². The molecule has 0 atom stereocenters. The van der Waals surface area contributed by atoms with Crippen molar-refractivity contribution < 1.29 is 13.5 Å². The van der Waals surface area contributed by atoms with E-state index in [0.29, 0.717) is 60.8 Å². The summed E-state index contributed by atoms with van der Waals surface area (Å²) in [7, 11) is 0. The van der Waals surface area contributed by atoms with E-state index in [2.05, 4.69) is 27.1 Å². The fraction of sp³-hybridized carbons (Fsp3) is 0.542. The van der Waals surface area contributed by atoms with Gasteiger partial charge in [0.15, 0.2) is 5.82 Å². The Kier molecular flexibility index (Phi) is 6.39. The van der Waals surface area contributed by atoms with Crippen molar-refractivity contribution in [3.63, 3.8) is 0 Å². The largest absolute Gasteiger partial charge is 0.378 e. The van der Waals surface area contributed by atoms with Crippen molar-refractivity contribution in [2.24, 2.45) is 11.8 Å². The van der Waals surface area contributed by atoms with Crippen LogP contribution in [0.4, 0.5) is 20.5 Å². The number of ether oxygens (including phenoxy) is 1. The molecule has 176 valence electrons. The Bertz CT molecular complexity index is 1090. The van der Waals surface area contributed by atoms with Crippen LogP contribution < -0.4 is 10.2 Å². The molecule has 1 aromatic carbocycles. The van der Waals surface area contributed by atoms with Crippen LogP contribution in [0.5, 0.6) is 0 Å². The Morgan fingerprint density at radius 2 is 1.76 bits per heavy atom. The number of para-hydroxylation sites is 2. The van der Waals surface area contributed by atoms with Crippen LogP contribution in [0.15, 0.2) is 30.3 Å². The molecule has 5 rings (SSSR count). The Morgan fingerprint density at radius 3 is 2.52 bits per heavy atom. The first-order valence-corrected chi connectivity index (χ1v) is 11.8. The van der Waals surface area contributed by atoms with Crippen LogP contribution >= 0.6 is 0 Å². The number of morpholine rings is 1. The van der Waals surface area contributed by atoms with E-state index in [1.807, 2.05) is 6.07 Å². The Hall–Kier alpha value is -2.81. The normalized spacial score (nSPS) is 21.6.